The second kappa shape index (κ2) is 8.57. The number of carbonyl (C=O) groups excluding carboxylic acids is 2. The lowest BCUT2D eigenvalue weighted by atomic mass is 10.1. The Kier molecular flexibility index (Phi) is 6.16. The fraction of sp³-hybridized carbons (Fsp3) is 0.100. The molecular weight excluding hydrogens is 403 g/mol. The van der Waals surface area contributed by atoms with Crippen molar-refractivity contribution in [3.05, 3.63) is 86.0 Å². The summed E-state index contributed by atoms with van der Waals surface area (Å²) in [5.74, 6) is -0.473. The van der Waals surface area contributed by atoms with Crippen molar-refractivity contribution in [1.82, 2.24) is 4.90 Å². The van der Waals surface area contributed by atoms with Crippen LogP contribution in [0.5, 0.6) is 0 Å². The van der Waals surface area contributed by atoms with E-state index in [4.69, 9.17) is 23.2 Å². The molecule has 0 aliphatic carbocycles. The number of thiophene rings is 1. The van der Waals surface area contributed by atoms with Gasteiger partial charge in [-0.3, -0.25) is 9.59 Å². The normalized spacial score (nSPS) is 10.5. The van der Waals surface area contributed by atoms with Crippen LogP contribution in [0.4, 0.5) is 5.69 Å². The molecule has 138 valence electrons. The fourth-order valence-corrected chi connectivity index (χ4v) is 3.57. The zero-order valence-electron chi connectivity index (χ0n) is 14.4. The Labute approximate surface area is 171 Å². The number of amides is 2. The molecule has 0 saturated carbocycles. The first kappa shape index (κ1) is 19.4. The summed E-state index contributed by atoms with van der Waals surface area (Å²) in [6.45, 7) is 0.297. The first-order valence-corrected chi connectivity index (χ1v) is 9.73. The smallest absolute Gasteiger partial charge is 0.265 e. The molecule has 0 fully saturated rings. The van der Waals surface area contributed by atoms with Crippen LogP contribution in [0.15, 0.2) is 60.0 Å². The van der Waals surface area contributed by atoms with E-state index in [-0.39, 0.29) is 11.8 Å². The maximum absolute atomic E-state index is 12.9. The summed E-state index contributed by atoms with van der Waals surface area (Å²) in [6.07, 6.45) is 0. The molecule has 0 bridgehead atoms. The molecule has 0 spiro atoms. The molecule has 7 heteroatoms. The van der Waals surface area contributed by atoms with E-state index in [1.807, 2.05) is 11.4 Å². The predicted octanol–water partition coefficient (Wildman–Crippen LogP) is 5.58. The highest BCUT2D eigenvalue weighted by molar-refractivity contribution is 7.12. The minimum absolute atomic E-state index is 0.229. The Balaban J connectivity index is 1.80. The van der Waals surface area contributed by atoms with E-state index >= 15 is 0 Å². The van der Waals surface area contributed by atoms with E-state index in [9.17, 15) is 9.59 Å². The lowest BCUT2D eigenvalue weighted by Gasteiger charge is -2.20. The van der Waals surface area contributed by atoms with E-state index in [1.165, 1.54) is 16.2 Å². The van der Waals surface area contributed by atoms with Gasteiger partial charge in [0.25, 0.3) is 11.8 Å². The maximum Gasteiger partial charge on any atom is 0.265 e. The summed E-state index contributed by atoms with van der Waals surface area (Å²) in [6, 6.07) is 15.8. The molecule has 27 heavy (non-hydrogen) atoms. The van der Waals surface area contributed by atoms with Gasteiger partial charge in [-0.1, -0.05) is 53.5 Å². The number of anilines is 1. The molecule has 2 amide bonds. The summed E-state index contributed by atoms with van der Waals surface area (Å²) >= 11 is 13.6. The van der Waals surface area contributed by atoms with Crippen molar-refractivity contribution in [1.29, 1.82) is 0 Å². The zero-order valence-corrected chi connectivity index (χ0v) is 16.7. The van der Waals surface area contributed by atoms with Gasteiger partial charge in [0.2, 0.25) is 0 Å². The van der Waals surface area contributed by atoms with E-state index in [2.05, 4.69) is 5.32 Å². The topological polar surface area (TPSA) is 49.4 Å². The predicted molar refractivity (Wildman–Crippen MR) is 111 cm³/mol. The number of rotatable bonds is 5. The molecule has 1 N–H and O–H groups in total. The van der Waals surface area contributed by atoms with Gasteiger partial charge in [0.05, 0.1) is 26.2 Å². The van der Waals surface area contributed by atoms with Crippen molar-refractivity contribution in [2.75, 3.05) is 12.4 Å². The quantitative estimate of drug-likeness (QED) is 0.587. The van der Waals surface area contributed by atoms with Gasteiger partial charge in [0, 0.05) is 13.6 Å². The number of carbonyl (C=O) groups is 2. The molecule has 1 heterocycles. The molecule has 0 atom stereocenters. The van der Waals surface area contributed by atoms with Crippen molar-refractivity contribution >= 4 is 52.0 Å². The SMILES string of the molecule is CN(Cc1cccc(Cl)c1Cl)C(=O)c1ccccc1NC(=O)c1cccs1. The number of benzene rings is 2. The van der Waals surface area contributed by atoms with E-state index < -0.39 is 0 Å². The molecule has 0 radical (unpaired) electrons. The maximum atomic E-state index is 12.9. The Morgan fingerprint density at radius 1 is 1.04 bits per heavy atom. The van der Waals surface area contributed by atoms with E-state index in [1.54, 1.807) is 55.6 Å². The lowest BCUT2D eigenvalue weighted by Crippen LogP contribution is -2.27. The molecule has 4 nitrogen and oxygen atoms in total. The summed E-state index contributed by atoms with van der Waals surface area (Å²) in [5.41, 5.74) is 1.62. The molecule has 2 aromatic carbocycles. The molecular formula is C20H16Cl2N2O2S. The van der Waals surface area contributed by atoms with Crippen LogP contribution in [0.1, 0.15) is 25.6 Å². The van der Waals surface area contributed by atoms with Gasteiger partial charge in [0.15, 0.2) is 0 Å². The summed E-state index contributed by atoms with van der Waals surface area (Å²) in [5, 5.41) is 5.51. The number of hydrogen-bond acceptors (Lipinski definition) is 3. The average Bonchev–Trinajstić information content (AvgIpc) is 3.20. The molecule has 3 aromatic rings. The van der Waals surface area contributed by atoms with Crippen molar-refractivity contribution in [2.24, 2.45) is 0 Å². The molecule has 0 aliphatic rings. The highest BCUT2D eigenvalue weighted by atomic mass is 35.5. The van der Waals surface area contributed by atoms with Gasteiger partial charge in [0.1, 0.15) is 0 Å². The van der Waals surface area contributed by atoms with Crippen molar-refractivity contribution < 1.29 is 9.59 Å². The third kappa shape index (κ3) is 4.50. The Morgan fingerprint density at radius 3 is 2.56 bits per heavy atom. The number of nitrogens with zero attached hydrogens (tertiary/aromatic N) is 1. The minimum Gasteiger partial charge on any atom is -0.337 e. The number of halogens is 2. The Morgan fingerprint density at radius 2 is 1.81 bits per heavy atom. The summed E-state index contributed by atoms with van der Waals surface area (Å²) in [4.78, 5) is 27.4. The standard InChI is InChI=1S/C20H16Cl2N2O2S/c1-24(12-13-6-4-8-15(21)18(13)22)20(26)14-7-2-3-9-16(14)23-19(25)17-10-5-11-27-17/h2-11H,12H2,1H3,(H,23,25). The van der Waals surface area contributed by atoms with Gasteiger partial charge in [-0.25, -0.2) is 0 Å². The van der Waals surface area contributed by atoms with Crippen molar-refractivity contribution in [2.45, 2.75) is 6.54 Å². The minimum atomic E-state index is -0.245. The Hall–Kier alpha value is -2.34. The first-order valence-electron chi connectivity index (χ1n) is 8.09. The van der Waals surface area contributed by atoms with Gasteiger partial charge >= 0.3 is 0 Å². The molecule has 0 saturated heterocycles. The highest BCUT2D eigenvalue weighted by Gasteiger charge is 2.19. The second-order valence-electron chi connectivity index (χ2n) is 5.85. The molecule has 0 unspecified atom stereocenters. The third-order valence-electron chi connectivity index (χ3n) is 3.94. The lowest BCUT2D eigenvalue weighted by molar-refractivity contribution is 0.0786. The molecule has 3 rings (SSSR count). The van der Waals surface area contributed by atoms with Gasteiger partial charge in [-0.05, 0) is 35.2 Å². The fourth-order valence-electron chi connectivity index (χ4n) is 2.57. The van der Waals surface area contributed by atoms with Crippen molar-refractivity contribution in [3.8, 4) is 0 Å². The van der Waals surface area contributed by atoms with Crippen LogP contribution in [0.3, 0.4) is 0 Å². The number of hydrogen-bond donors (Lipinski definition) is 1. The van der Waals surface area contributed by atoms with Crippen LogP contribution in [-0.2, 0) is 6.54 Å². The second-order valence-corrected chi connectivity index (χ2v) is 7.58. The first-order chi connectivity index (χ1) is 13.0. The van der Waals surface area contributed by atoms with Crippen LogP contribution in [0.2, 0.25) is 10.0 Å². The monoisotopic (exact) mass is 418 g/mol. The van der Waals surface area contributed by atoms with E-state index in [0.717, 1.165) is 5.56 Å². The van der Waals surface area contributed by atoms with Crippen LogP contribution in [-0.4, -0.2) is 23.8 Å². The van der Waals surface area contributed by atoms with Crippen molar-refractivity contribution in [3.63, 3.8) is 0 Å². The van der Waals surface area contributed by atoms with Gasteiger partial charge < -0.3 is 10.2 Å². The third-order valence-corrected chi connectivity index (χ3v) is 5.66. The number of para-hydroxylation sites is 1. The molecule has 0 aliphatic heterocycles. The highest BCUT2D eigenvalue weighted by Crippen LogP contribution is 2.27. The van der Waals surface area contributed by atoms with Gasteiger partial charge in [-0.2, -0.15) is 0 Å². The van der Waals surface area contributed by atoms with Crippen LogP contribution in [0, 0.1) is 0 Å². The van der Waals surface area contributed by atoms with Crippen LogP contribution in [0.25, 0.3) is 0 Å². The largest absolute Gasteiger partial charge is 0.337 e. The summed E-state index contributed by atoms with van der Waals surface area (Å²) in [7, 11) is 1.68. The molecule has 1 aromatic heterocycles. The van der Waals surface area contributed by atoms with Crippen LogP contribution < -0.4 is 5.32 Å². The number of nitrogens with one attached hydrogen (secondary N) is 1. The average molecular weight is 419 g/mol. The van der Waals surface area contributed by atoms with E-state index in [0.29, 0.717) is 32.7 Å². The van der Waals surface area contributed by atoms with Crippen LogP contribution >= 0.6 is 34.5 Å². The van der Waals surface area contributed by atoms with Gasteiger partial charge in [-0.15, -0.1) is 11.3 Å². The zero-order chi connectivity index (χ0) is 19.4. The Bertz CT molecular complexity index is 974. The summed E-state index contributed by atoms with van der Waals surface area (Å²) < 4.78 is 0.